The molecule has 0 bridgehead atoms. The van der Waals surface area contributed by atoms with E-state index in [2.05, 4.69) is 16.4 Å². The molecule has 0 unspecified atom stereocenters. The number of amides is 2. The van der Waals surface area contributed by atoms with Gasteiger partial charge in [-0.05, 0) is 35.7 Å². The molecule has 3 atom stereocenters. The summed E-state index contributed by atoms with van der Waals surface area (Å²) < 4.78 is 0. The van der Waals surface area contributed by atoms with Crippen molar-refractivity contribution >= 4 is 22.7 Å². The summed E-state index contributed by atoms with van der Waals surface area (Å²) in [6, 6.07) is 24.8. The zero-order chi connectivity index (χ0) is 21.8. The van der Waals surface area contributed by atoms with E-state index in [9.17, 15) is 9.59 Å². The fraction of sp³-hybridized carbons (Fsp3) is 0.185. The summed E-state index contributed by atoms with van der Waals surface area (Å²) >= 11 is 0. The Balaban J connectivity index is 1.44. The van der Waals surface area contributed by atoms with Gasteiger partial charge in [-0.3, -0.25) is 9.59 Å². The summed E-state index contributed by atoms with van der Waals surface area (Å²) in [7, 11) is 0. The SMILES string of the molecule is C[C@@H](NC(=O)[C@@H]1Cc2c([nH]c3ccccc23)[C@H]2c3ccccc3C(=O)N21)c1ccccc1. The Labute approximate surface area is 186 Å². The number of carbonyl (C=O) groups excluding carboxylic acids is 2. The lowest BCUT2D eigenvalue weighted by Gasteiger charge is -2.37. The van der Waals surface area contributed by atoms with Crippen LogP contribution in [-0.4, -0.2) is 27.7 Å². The van der Waals surface area contributed by atoms with Gasteiger partial charge in [-0.1, -0.05) is 66.7 Å². The summed E-state index contributed by atoms with van der Waals surface area (Å²) in [6.45, 7) is 1.98. The van der Waals surface area contributed by atoms with Gasteiger partial charge in [0.1, 0.15) is 6.04 Å². The molecule has 0 radical (unpaired) electrons. The maximum absolute atomic E-state index is 13.6. The molecule has 0 fully saturated rings. The van der Waals surface area contributed by atoms with Crippen molar-refractivity contribution in [2.45, 2.75) is 31.5 Å². The van der Waals surface area contributed by atoms with Crippen molar-refractivity contribution in [3.8, 4) is 0 Å². The summed E-state index contributed by atoms with van der Waals surface area (Å²) in [5.74, 6) is -0.203. The van der Waals surface area contributed by atoms with Crippen LogP contribution in [0.25, 0.3) is 10.9 Å². The molecule has 4 aromatic rings. The lowest BCUT2D eigenvalue weighted by molar-refractivity contribution is -0.127. The lowest BCUT2D eigenvalue weighted by atomic mass is 9.89. The van der Waals surface area contributed by atoms with Crippen LogP contribution >= 0.6 is 0 Å². The van der Waals surface area contributed by atoms with E-state index in [1.54, 1.807) is 4.90 Å². The maximum atomic E-state index is 13.6. The molecule has 0 spiro atoms. The van der Waals surface area contributed by atoms with Crippen molar-refractivity contribution in [1.29, 1.82) is 0 Å². The van der Waals surface area contributed by atoms with Gasteiger partial charge in [-0.25, -0.2) is 0 Å². The zero-order valence-electron chi connectivity index (χ0n) is 17.7. The van der Waals surface area contributed by atoms with Crippen LogP contribution < -0.4 is 5.32 Å². The van der Waals surface area contributed by atoms with E-state index in [4.69, 9.17) is 0 Å². The number of hydrogen-bond acceptors (Lipinski definition) is 2. The fourth-order valence-corrected chi connectivity index (χ4v) is 5.27. The smallest absolute Gasteiger partial charge is 0.255 e. The number of nitrogens with zero attached hydrogens (tertiary/aromatic N) is 1. The maximum Gasteiger partial charge on any atom is 0.255 e. The van der Waals surface area contributed by atoms with E-state index in [0.29, 0.717) is 12.0 Å². The van der Waals surface area contributed by atoms with E-state index < -0.39 is 6.04 Å². The molecule has 0 aliphatic carbocycles. The highest BCUT2D eigenvalue weighted by Gasteiger charge is 2.48. The third-order valence-corrected chi connectivity index (χ3v) is 6.81. The molecule has 0 saturated carbocycles. The number of carbonyl (C=O) groups is 2. The minimum atomic E-state index is -0.572. The second-order valence-corrected chi connectivity index (χ2v) is 8.63. The van der Waals surface area contributed by atoms with Crippen molar-refractivity contribution < 1.29 is 9.59 Å². The molecular weight excluding hydrogens is 398 g/mol. The molecule has 6 rings (SSSR count). The van der Waals surface area contributed by atoms with Crippen LogP contribution in [0, 0.1) is 0 Å². The fourth-order valence-electron chi connectivity index (χ4n) is 5.27. The summed E-state index contributed by atoms with van der Waals surface area (Å²) in [4.78, 5) is 32.4. The van der Waals surface area contributed by atoms with E-state index in [1.807, 2.05) is 79.7 Å². The monoisotopic (exact) mass is 421 g/mol. The van der Waals surface area contributed by atoms with Crippen LogP contribution in [0.2, 0.25) is 0 Å². The molecule has 32 heavy (non-hydrogen) atoms. The zero-order valence-corrected chi connectivity index (χ0v) is 17.7. The molecule has 5 heteroatoms. The van der Waals surface area contributed by atoms with E-state index >= 15 is 0 Å². The lowest BCUT2D eigenvalue weighted by Crippen LogP contribution is -2.52. The average molecular weight is 422 g/mol. The number of rotatable bonds is 3. The van der Waals surface area contributed by atoms with Crippen molar-refractivity contribution in [1.82, 2.24) is 15.2 Å². The number of H-pyrrole nitrogens is 1. The van der Waals surface area contributed by atoms with E-state index in [0.717, 1.165) is 33.3 Å². The van der Waals surface area contributed by atoms with Crippen molar-refractivity contribution in [3.63, 3.8) is 0 Å². The quantitative estimate of drug-likeness (QED) is 0.511. The molecule has 2 aliphatic heterocycles. The van der Waals surface area contributed by atoms with Gasteiger partial charge in [0.15, 0.2) is 0 Å². The highest BCUT2D eigenvalue weighted by Crippen LogP contribution is 2.46. The second-order valence-electron chi connectivity index (χ2n) is 8.63. The topological polar surface area (TPSA) is 65.2 Å². The largest absolute Gasteiger partial charge is 0.356 e. The highest BCUT2D eigenvalue weighted by atomic mass is 16.2. The first-order valence-electron chi connectivity index (χ1n) is 11.0. The second kappa shape index (κ2) is 7.09. The Morgan fingerprint density at radius 3 is 2.56 bits per heavy atom. The van der Waals surface area contributed by atoms with E-state index in [-0.39, 0.29) is 23.9 Å². The molecule has 5 nitrogen and oxygen atoms in total. The Morgan fingerprint density at radius 2 is 1.72 bits per heavy atom. The normalized spacial score (nSPS) is 19.9. The third kappa shape index (κ3) is 2.71. The van der Waals surface area contributed by atoms with Gasteiger partial charge in [-0.2, -0.15) is 0 Å². The molecule has 2 N–H and O–H groups in total. The van der Waals surface area contributed by atoms with Gasteiger partial charge >= 0.3 is 0 Å². The van der Waals surface area contributed by atoms with Gasteiger partial charge in [-0.15, -0.1) is 0 Å². The van der Waals surface area contributed by atoms with Crippen molar-refractivity contribution in [2.75, 3.05) is 0 Å². The van der Waals surface area contributed by atoms with Crippen LogP contribution in [0.1, 0.15) is 51.7 Å². The van der Waals surface area contributed by atoms with Crippen LogP contribution in [0.3, 0.4) is 0 Å². The first-order chi connectivity index (χ1) is 15.6. The first kappa shape index (κ1) is 18.9. The standard InChI is InChI=1S/C27H23N3O2/c1-16(17-9-3-2-4-10-17)28-26(31)23-15-21-18-11-7-8-14-22(18)29-24(21)25-19-12-5-6-13-20(19)27(32)30(23)25/h2-14,16,23,25,29H,15H2,1H3,(H,28,31)/t16-,23+,25-/m1/s1. The molecule has 1 aromatic heterocycles. The number of fused-ring (bicyclic) bond motifs is 7. The minimum absolute atomic E-state index is 0.0811. The number of hydrogen-bond donors (Lipinski definition) is 2. The van der Waals surface area contributed by atoms with Crippen LogP contribution in [0.15, 0.2) is 78.9 Å². The molecular formula is C27H23N3O2. The highest BCUT2D eigenvalue weighted by molar-refractivity contribution is 6.03. The predicted octanol–water partition coefficient (Wildman–Crippen LogP) is 4.52. The molecule has 3 heterocycles. The number of aromatic nitrogens is 1. The number of aromatic amines is 1. The third-order valence-electron chi connectivity index (χ3n) is 6.81. The molecule has 158 valence electrons. The molecule has 3 aromatic carbocycles. The van der Waals surface area contributed by atoms with Gasteiger partial charge < -0.3 is 15.2 Å². The Bertz CT molecular complexity index is 1360. The Kier molecular flexibility index (Phi) is 4.18. The van der Waals surface area contributed by atoms with Gasteiger partial charge in [0.05, 0.1) is 12.1 Å². The summed E-state index contributed by atoms with van der Waals surface area (Å²) in [5, 5.41) is 4.27. The van der Waals surface area contributed by atoms with Gasteiger partial charge in [0.25, 0.3) is 5.91 Å². The van der Waals surface area contributed by atoms with Crippen molar-refractivity contribution in [2.24, 2.45) is 0 Å². The number of nitrogens with one attached hydrogen (secondary N) is 2. The van der Waals surface area contributed by atoms with Crippen LogP contribution in [-0.2, 0) is 11.2 Å². The summed E-state index contributed by atoms with van der Waals surface area (Å²) in [5.41, 5.74) is 5.85. The Hall–Kier alpha value is -3.86. The molecule has 2 amide bonds. The van der Waals surface area contributed by atoms with E-state index in [1.165, 1.54) is 0 Å². The number of para-hydroxylation sites is 1. The number of benzene rings is 3. The molecule has 2 aliphatic rings. The first-order valence-corrected chi connectivity index (χ1v) is 11.0. The Morgan fingerprint density at radius 1 is 1.00 bits per heavy atom. The van der Waals surface area contributed by atoms with Gasteiger partial charge in [0, 0.05) is 28.6 Å². The summed E-state index contributed by atoms with van der Waals surface area (Å²) in [6.07, 6.45) is 0.489. The van der Waals surface area contributed by atoms with Crippen LogP contribution in [0.4, 0.5) is 0 Å². The minimum Gasteiger partial charge on any atom is -0.356 e. The van der Waals surface area contributed by atoms with Crippen LogP contribution in [0.5, 0.6) is 0 Å². The van der Waals surface area contributed by atoms with Gasteiger partial charge in [0.2, 0.25) is 5.91 Å². The predicted molar refractivity (Wildman–Crippen MR) is 123 cm³/mol. The average Bonchev–Trinajstić information content (AvgIpc) is 3.35. The molecule has 0 saturated heterocycles. The van der Waals surface area contributed by atoms with Crippen molar-refractivity contribution in [3.05, 3.63) is 107 Å².